The van der Waals surface area contributed by atoms with Crippen molar-refractivity contribution in [2.24, 2.45) is 0 Å². The van der Waals surface area contributed by atoms with E-state index in [2.05, 4.69) is 48.1 Å². The molecule has 0 saturated heterocycles. The summed E-state index contributed by atoms with van der Waals surface area (Å²) >= 11 is 0. The molecule has 1 radical (unpaired) electrons. The third kappa shape index (κ3) is 1.22. The number of aromatic nitrogens is 1. The van der Waals surface area contributed by atoms with Crippen LogP contribution in [0.5, 0.6) is 0 Å². The van der Waals surface area contributed by atoms with Crippen molar-refractivity contribution in [3.05, 3.63) is 36.7 Å². The van der Waals surface area contributed by atoms with Gasteiger partial charge in [-0.05, 0) is 6.42 Å². The predicted molar refractivity (Wildman–Crippen MR) is 51.1 cm³/mol. The summed E-state index contributed by atoms with van der Waals surface area (Å²) in [5.74, 6) is 0. The Morgan fingerprint density at radius 2 is 2.17 bits per heavy atom. The molecule has 0 fully saturated rings. The van der Waals surface area contributed by atoms with Crippen LogP contribution in [0.1, 0.15) is 13.3 Å². The Labute approximate surface area is 72.6 Å². The summed E-state index contributed by atoms with van der Waals surface area (Å²) in [6, 6.07) is 8.33. The second-order valence-electron chi connectivity index (χ2n) is 3.02. The fraction of sp³-hybridized carbons (Fsp3) is 0.273. The largest absolute Gasteiger partial charge is 0.345 e. The summed E-state index contributed by atoms with van der Waals surface area (Å²) in [7, 11) is 0. The molecule has 0 unspecified atom stereocenters. The maximum Gasteiger partial charge on any atom is 0.0734 e. The zero-order chi connectivity index (χ0) is 8.39. The minimum absolute atomic E-state index is 1.06. The Morgan fingerprint density at radius 1 is 1.33 bits per heavy atom. The van der Waals surface area contributed by atoms with Crippen molar-refractivity contribution < 1.29 is 0 Å². The molecule has 0 N–H and O–H groups in total. The summed E-state index contributed by atoms with van der Waals surface area (Å²) in [6.45, 7) is 3.24. The molecule has 61 valence electrons. The van der Waals surface area contributed by atoms with Crippen LogP contribution in [0.2, 0.25) is 0 Å². The van der Waals surface area contributed by atoms with Crippen LogP contribution < -0.4 is 0 Å². The molecule has 1 nitrogen and oxygen atoms in total. The number of benzene rings is 1. The lowest BCUT2D eigenvalue weighted by Crippen LogP contribution is -1.90. The Kier molecular flexibility index (Phi) is 1.86. The first-order chi connectivity index (χ1) is 5.90. The Morgan fingerprint density at radius 3 is 2.92 bits per heavy atom. The van der Waals surface area contributed by atoms with E-state index in [1.165, 1.54) is 10.8 Å². The van der Waals surface area contributed by atoms with E-state index in [9.17, 15) is 0 Å². The molecule has 0 bridgehead atoms. The van der Waals surface area contributed by atoms with Gasteiger partial charge in [0.2, 0.25) is 0 Å². The fourth-order valence-corrected chi connectivity index (χ4v) is 1.43. The van der Waals surface area contributed by atoms with Crippen LogP contribution in [0.3, 0.4) is 0 Å². The predicted octanol–water partition coefficient (Wildman–Crippen LogP) is 2.85. The highest BCUT2D eigenvalue weighted by atomic mass is 14.9. The number of fused-ring (bicyclic) bond motifs is 1. The summed E-state index contributed by atoms with van der Waals surface area (Å²) in [4.78, 5) is 0. The summed E-state index contributed by atoms with van der Waals surface area (Å²) in [5.41, 5.74) is 0. The molecule has 1 heteroatoms. The second kappa shape index (κ2) is 3.02. The summed E-state index contributed by atoms with van der Waals surface area (Å²) in [5, 5.41) is 2.50. The van der Waals surface area contributed by atoms with E-state index in [0.29, 0.717) is 0 Å². The van der Waals surface area contributed by atoms with Gasteiger partial charge in [-0.3, -0.25) is 0 Å². The van der Waals surface area contributed by atoms with Crippen LogP contribution >= 0.6 is 0 Å². The number of hydrogen-bond donors (Lipinski definition) is 0. The molecule has 0 atom stereocenters. The summed E-state index contributed by atoms with van der Waals surface area (Å²) < 4.78 is 2.13. The first kappa shape index (κ1) is 7.41. The third-order valence-corrected chi connectivity index (χ3v) is 1.98. The van der Waals surface area contributed by atoms with Crippen molar-refractivity contribution in [3.8, 4) is 0 Å². The van der Waals surface area contributed by atoms with E-state index in [1.807, 2.05) is 0 Å². The minimum atomic E-state index is 1.06. The number of aryl methyl sites for hydroxylation is 1. The first-order valence-electron chi connectivity index (χ1n) is 4.37. The lowest BCUT2D eigenvalue weighted by molar-refractivity contribution is 0.682. The monoisotopic (exact) mass is 158 g/mol. The molecule has 1 aromatic carbocycles. The molecule has 2 aromatic rings. The lowest BCUT2D eigenvalue weighted by Gasteiger charge is -1.94. The van der Waals surface area contributed by atoms with Gasteiger partial charge in [0.15, 0.2) is 0 Å². The van der Waals surface area contributed by atoms with Gasteiger partial charge in [-0.2, -0.15) is 0 Å². The Bertz CT molecular complexity index is 340. The zero-order valence-electron chi connectivity index (χ0n) is 7.25. The van der Waals surface area contributed by atoms with E-state index in [-0.39, 0.29) is 0 Å². The molecule has 0 amide bonds. The third-order valence-electron chi connectivity index (χ3n) is 1.98. The highest BCUT2D eigenvalue weighted by Gasteiger charge is 1.95. The van der Waals surface area contributed by atoms with Gasteiger partial charge in [0.1, 0.15) is 0 Å². The van der Waals surface area contributed by atoms with E-state index < -0.39 is 0 Å². The van der Waals surface area contributed by atoms with Gasteiger partial charge in [0, 0.05) is 23.5 Å². The highest BCUT2D eigenvalue weighted by Crippen LogP contribution is 2.13. The smallest absolute Gasteiger partial charge is 0.0734 e. The molecule has 0 aliphatic heterocycles. The number of hydrogen-bond acceptors (Lipinski definition) is 0. The molecule has 2 rings (SSSR count). The Balaban J connectivity index is 2.47. The van der Waals surface area contributed by atoms with Crippen molar-refractivity contribution in [3.63, 3.8) is 0 Å². The average Bonchev–Trinajstić information content (AvgIpc) is 2.47. The average molecular weight is 158 g/mol. The SMILES string of the molecule is CCCn1[c]c2ccccc2c1. The van der Waals surface area contributed by atoms with Crippen molar-refractivity contribution in [1.82, 2.24) is 4.57 Å². The van der Waals surface area contributed by atoms with Gasteiger partial charge in [0.05, 0.1) is 6.20 Å². The lowest BCUT2D eigenvalue weighted by atomic mass is 10.2. The molecule has 0 saturated carbocycles. The molecule has 12 heavy (non-hydrogen) atoms. The quantitative estimate of drug-likeness (QED) is 0.633. The van der Waals surface area contributed by atoms with Crippen molar-refractivity contribution >= 4 is 10.8 Å². The van der Waals surface area contributed by atoms with Crippen LogP contribution in [-0.2, 0) is 6.54 Å². The minimum Gasteiger partial charge on any atom is -0.345 e. The van der Waals surface area contributed by atoms with Crippen molar-refractivity contribution in [2.75, 3.05) is 0 Å². The van der Waals surface area contributed by atoms with Gasteiger partial charge < -0.3 is 4.57 Å². The fourth-order valence-electron chi connectivity index (χ4n) is 1.43. The van der Waals surface area contributed by atoms with E-state index in [1.54, 1.807) is 0 Å². The van der Waals surface area contributed by atoms with Crippen LogP contribution in [0.4, 0.5) is 0 Å². The van der Waals surface area contributed by atoms with Crippen LogP contribution in [0.15, 0.2) is 30.5 Å². The maximum absolute atomic E-state index is 3.31. The van der Waals surface area contributed by atoms with Gasteiger partial charge in [-0.15, -0.1) is 0 Å². The molecular weight excluding hydrogens is 146 g/mol. The molecule has 1 heterocycles. The number of rotatable bonds is 2. The van der Waals surface area contributed by atoms with Crippen LogP contribution in [0, 0.1) is 6.20 Å². The summed E-state index contributed by atoms with van der Waals surface area (Å²) in [6.07, 6.45) is 6.63. The standard InChI is InChI=1S/C11H12N/c1-2-7-12-8-10-5-3-4-6-11(10)9-12/h3-6,8H,2,7H2,1H3. The van der Waals surface area contributed by atoms with E-state index >= 15 is 0 Å². The zero-order valence-corrected chi connectivity index (χ0v) is 7.25. The highest BCUT2D eigenvalue weighted by molar-refractivity contribution is 5.81. The molecule has 0 aliphatic rings. The molecule has 0 spiro atoms. The Hall–Kier alpha value is -1.24. The first-order valence-corrected chi connectivity index (χ1v) is 4.37. The van der Waals surface area contributed by atoms with Crippen LogP contribution in [-0.4, -0.2) is 4.57 Å². The van der Waals surface area contributed by atoms with Crippen LogP contribution in [0.25, 0.3) is 10.8 Å². The normalized spacial score (nSPS) is 10.8. The second-order valence-corrected chi connectivity index (χ2v) is 3.02. The van der Waals surface area contributed by atoms with Gasteiger partial charge in [-0.1, -0.05) is 31.2 Å². The topological polar surface area (TPSA) is 4.93 Å². The maximum atomic E-state index is 3.31. The molecular formula is C11H12N. The molecule has 1 aromatic heterocycles. The van der Waals surface area contributed by atoms with Gasteiger partial charge in [0.25, 0.3) is 0 Å². The van der Waals surface area contributed by atoms with Gasteiger partial charge >= 0.3 is 0 Å². The van der Waals surface area contributed by atoms with E-state index in [4.69, 9.17) is 0 Å². The van der Waals surface area contributed by atoms with Crippen molar-refractivity contribution in [2.45, 2.75) is 19.9 Å². The van der Waals surface area contributed by atoms with E-state index in [0.717, 1.165) is 13.0 Å². The van der Waals surface area contributed by atoms with Crippen molar-refractivity contribution in [1.29, 1.82) is 0 Å². The van der Waals surface area contributed by atoms with Gasteiger partial charge in [-0.25, -0.2) is 0 Å². The number of nitrogens with zero attached hydrogens (tertiary/aromatic N) is 1. The molecule has 0 aliphatic carbocycles.